The molecule has 2 atom stereocenters. The van der Waals surface area contributed by atoms with Crippen LogP contribution in [0.4, 0.5) is 5.69 Å². The molecule has 2 heteroatoms. The van der Waals surface area contributed by atoms with Gasteiger partial charge in [0, 0.05) is 5.92 Å². The maximum atomic E-state index is 5.11. The fourth-order valence-corrected chi connectivity index (χ4v) is 3.88. The molecular formula is C24H24N2. The second kappa shape index (κ2) is 7.57. The fourth-order valence-electron chi connectivity index (χ4n) is 3.88. The molecule has 26 heavy (non-hydrogen) atoms. The summed E-state index contributed by atoms with van der Waals surface area (Å²) < 4.78 is 0. The molecule has 1 aliphatic rings. The van der Waals surface area contributed by atoms with E-state index in [-0.39, 0.29) is 0 Å². The van der Waals surface area contributed by atoms with Crippen molar-refractivity contribution in [1.82, 2.24) is 0 Å². The third kappa shape index (κ3) is 3.28. The Kier molecular flexibility index (Phi) is 4.83. The van der Waals surface area contributed by atoms with Gasteiger partial charge in [-0.1, -0.05) is 85.8 Å². The van der Waals surface area contributed by atoms with Crippen LogP contribution in [0.2, 0.25) is 0 Å². The van der Waals surface area contributed by atoms with Crippen LogP contribution in [0.1, 0.15) is 24.5 Å². The summed E-state index contributed by atoms with van der Waals surface area (Å²) in [4.78, 5) is 0. The van der Waals surface area contributed by atoms with Crippen LogP contribution < -0.4 is 5.01 Å². The summed E-state index contributed by atoms with van der Waals surface area (Å²) in [6.07, 6.45) is 2.07. The summed E-state index contributed by atoms with van der Waals surface area (Å²) in [5.74, 6) is 0.415. The Morgan fingerprint density at radius 1 is 0.769 bits per heavy atom. The van der Waals surface area contributed by atoms with Gasteiger partial charge in [-0.3, -0.25) is 5.01 Å². The average molecular weight is 340 g/mol. The molecule has 0 bridgehead atoms. The van der Waals surface area contributed by atoms with E-state index >= 15 is 0 Å². The standard InChI is InChI=1S/C24H24N2/c1-2-22-23(18-19-12-6-3-7-13-19)26(21-16-10-5-11-17-21)25-24(22)20-14-8-4-9-15-20/h3-17,22-23H,2,18H2,1H3. The number of anilines is 1. The van der Waals surface area contributed by atoms with Crippen LogP contribution >= 0.6 is 0 Å². The van der Waals surface area contributed by atoms with Crippen molar-refractivity contribution >= 4 is 11.4 Å². The first-order valence-corrected chi connectivity index (χ1v) is 9.39. The van der Waals surface area contributed by atoms with Gasteiger partial charge in [-0.2, -0.15) is 5.10 Å². The predicted octanol–water partition coefficient (Wildman–Crippen LogP) is 5.55. The lowest BCUT2D eigenvalue weighted by molar-refractivity contribution is 0.511. The lowest BCUT2D eigenvalue weighted by Gasteiger charge is -2.28. The van der Waals surface area contributed by atoms with Crippen molar-refractivity contribution in [2.75, 3.05) is 5.01 Å². The Morgan fingerprint density at radius 2 is 1.35 bits per heavy atom. The highest BCUT2D eigenvalue weighted by molar-refractivity contribution is 6.05. The van der Waals surface area contributed by atoms with E-state index in [1.165, 1.54) is 16.8 Å². The average Bonchev–Trinajstić information content (AvgIpc) is 3.08. The fraction of sp³-hybridized carbons (Fsp3) is 0.208. The van der Waals surface area contributed by atoms with Gasteiger partial charge in [0.1, 0.15) is 0 Å². The van der Waals surface area contributed by atoms with Gasteiger partial charge in [0.25, 0.3) is 0 Å². The Labute approximate surface area is 155 Å². The lowest BCUT2D eigenvalue weighted by Crippen LogP contribution is -2.35. The number of hydrogen-bond acceptors (Lipinski definition) is 2. The zero-order chi connectivity index (χ0) is 17.8. The largest absolute Gasteiger partial charge is 0.261 e. The molecule has 1 aliphatic heterocycles. The molecule has 0 aliphatic carbocycles. The minimum Gasteiger partial charge on any atom is -0.261 e. The second-order valence-corrected chi connectivity index (χ2v) is 6.80. The second-order valence-electron chi connectivity index (χ2n) is 6.80. The highest BCUT2D eigenvalue weighted by atomic mass is 15.5. The third-order valence-electron chi connectivity index (χ3n) is 5.16. The van der Waals surface area contributed by atoms with Gasteiger partial charge < -0.3 is 0 Å². The van der Waals surface area contributed by atoms with Gasteiger partial charge in [0.05, 0.1) is 17.4 Å². The quantitative estimate of drug-likeness (QED) is 0.595. The molecule has 0 amide bonds. The Bertz CT molecular complexity index is 856. The highest BCUT2D eigenvalue weighted by Crippen LogP contribution is 2.34. The first-order chi connectivity index (χ1) is 12.9. The minimum absolute atomic E-state index is 0.333. The number of rotatable bonds is 5. The van der Waals surface area contributed by atoms with Crippen molar-refractivity contribution in [1.29, 1.82) is 0 Å². The first-order valence-electron chi connectivity index (χ1n) is 9.39. The summed E-state index contributed by atoms with van der Waals surface area (Å²) in [5.41, 5.74) is 4.97. The molecule has 0 saturated carbocycles. The van der Waals surface area contributed by atoms with Gasteiger partial charge in [0.15, 0.2) is 0 Å². The molecule has 2 nitrogen and oxygen atoms in total. The van der Waals surface area contributed by atoms with Crippen LogP contribution in [0.3, 0.4) is 0 Å². The van der Waals surface area contributed by atoms with E-state index in [1.807, 2.05) is 0 Å². The Morgan fingerprint density at radius 3 is 1.96 bits per heavy atom. The van der Waals surface area contributed by atoms with E-state index in [2.05, 4.69) is 103 Å². The summed E-state index contributed by atoms with van der Waals surface area (Å²) in [6.45, 7) is 2.27. The zero-order valence-electron chi connectivity index (χ0n) is 15.1. The van der Waals surface area contributed by atoms with Crippen molar-refractivity contribution in [3.63, 3.8) is 0 Å². The number of benzene rings is 3. The number of nitrogens with zero attached hydrogens (tertiary/aromatic N) is 2. The maximum Gasteiger partial charge on any atom is 0.0734 e. The summed E-state index contributed by atoms with van der Waals surface area (Å²) >= 11 is 0. The number of hydrazone groups is 1. The lowest BCUT2D eigenvalue weighted by atomic mass is 9.85. The zero-order valence-corrected chi connectivity index (χ0v) is 15.1. The van der Waals surface area contributed by atoms with Crippen LogP contribution in [0.25, 0.3) is 0 Å². The van der Waals surface area contributed by atoms with E-state index in [9.17, 15) is 0 Å². The number of para-hydroxylation sites is 1. The minimum atomic E-state index is 0.333. The molecule has 0 fully saturated rings. The molecule has 130 valence electrons. The van der Waals surface area contributed by atoms with Gasteiger partial charge in [-0.05, 0) is 36.1 Å². The van der Waals surface area contributed by atoms with E-state index in [1.54, 1.807) is 0 Å². The van der Waals surface area contributed by atoms with Crippen LogP contribution in [0.5, 0.6) is 0 Å². The molecule has 1 heterocycles. The monoisotopic (exact) mass is 340 g/mol. The molecule has 0 saturated heterocycles. The van der Waals surface area contributed by atoms with Crippen LogP contribution in [-0.2, 0) is 6.42 Å². The van der Waals surface area contributed by atoms with E-state index < -0.39 is 0 Å². The summed E-state index contributed by atoms with van der Waals surface area (Å²) in [6, 6.07) is 32.3. The molecule has 0 spiro atoms. The smallest absolute Gasteiger partial charge is 0.0734 e. The third-order valence-corrected chi connectivity index (χ3v) is 5.16. The molecular weight excluding hydrogens is 316 g/mol. The van der Waals surface area contributed by atoms with Crippen LogP contribution in [0.15, 0.2) is 96.1 Å². The summed E-state index contributed by atoms with van der Waals surface area (Å²) in [5, 5.41) is 7.35. The van der Waals surface area contributed by atoms with Crippen molar-refractivity contribution in [3.05, 3.63) is 102 Å². The van der Waals surface area contributed by atoms with Crippen molar-refractivity contribution in [2.24, 2.45) is 11.0 Å². The maximum absolute atomic E-state index is 5.11. The number of hydrogen-bond donors (Lipinski definition) is 0. The van der Waals surface area contributed by atoms with E-state index in [4.69, 9.17) is 5.10 Å². The van der Waals surface area contributed by atoms with E-state index in [0.29, 0.717) is 12.0 Å². The first kappa shape index (κ1) is 16.6. The van der Waals surface area contributed by atoms with Crippen molar-refractivity contribution in [3.8, 4) is 0 Å². The summed E-state index contributed by atoms with van der Waals surface area (Å²) in [7, 11) is 0. The Hall–Kier alpha value is -2.87. The molecule has 0 aromatic heterocycles. The van der Waals surface area contributed by atoms with Gasteiger partial charge in [-0.25, -0.2) is 0 Å². The molecule has 0 radical (unpaired) electrons. The van der Waals surface area contributed by atoms with Crippen LogP contribution in [0, 0.1) is 5.92 Å². The SMILES string of the molecule is CCC1C(c2ccccc2)=NN(c2ccccc2)C1Cc1ccccc1. The van der Waals surface area contributed by atoms with Gasteiger partial charge in [0.2, 0.25) is 0 Å². The van der Waals surface area contributed by atoms with Gasteiger partial charge in [-0.15, -0.1) is 0 Å². The normalized spacial score (nSPS) is 19.4. The van der Waals surface area contributed by atoms with E-state index in [0.717, 1.165) is 18.5 Å². The molecule has 3 aromatic rings. The predicted molar refractivity (Wildman–Crippen MR) is 110 cm³/mol. The van der Waals surface area contributed by atoms with Crippen molar-refractivity contribution in [2.45, 2.75) is 25.8 Å². The molecule has 3 aromatic carbocycles. The highest BCUT2D eigenvalue weighted by Gasteiger charge is 2.37. The molecule has 2 unspecified atom stereocenters. The topological polar surface area (TPSA) is 15.6 Å². The van der Waals surface area contributed by atoms with Crippen molar-refractivity contribution < 1.29 is 0 Å². The Balaban J connectivity index is 1.74. The van der Waals surface area contributed by atoms with Gasteiger partial charge >= 0.3 is 0 Å². The molecule has 0 N–H and O–H groups in total. The van der Waals surface area contributed by atoms with Crippen LogP contribution in [-0.4, -0.2) is 11.8 Å². The molecule has 4 rings (SSSR count).